The van der Waals surface area contributed by atoms with Crippen molar-refractivity contribution in [3.8, 4) is 11.5 Å². The Morgan fingerprint density at radius 1 is 1.16 bits per heavy atom. The highest BCUT2D eigenvalue weighted by atomic mass is 19.1. The summed E-state index contributed by atoms with van der Waals surface area (Å²) in [7, 11) is 1.58. The third kappa shape index (κ3) is 6.22. The number of nitrogens with one attached hydrogen (secondary N) is 1. The number of nitrogens with zero attached hydrogens (tertiary/aromatic N) is 1. The quantitative estimate of drug-likeness (QED) is 0.602. The highest BCUT2D eigenvalue weighted by Crippen LogP contribution is 2.21. The van der Waals surface area contributed by atoms with Crippen LogP contribution in [0.3, 0.4) is 0 Å². The van der Waals surface area contributed by atoms with E-state index in [9.17, 15) is 14.0 Å². The fourth-order valence-electron chi connectivity index (χ4n) is 4.04. The second-order valence-corrected chi connectivity index (χ2v) is 8.01. The van der Waals surface area contributed by atoms with Crippen molar-refractivity contribution in [2.75, 3.05) is 13.7 Å². The molecular formula is C25H31FN2O4. The molecule has 0 aromatic heterocycles. The number of ether oxygens (including phenoxy) is 2. The van der Waals surface area contributed by atoms with E-state index in [1.807, 2.05) is 31.2 Å². The van der Waals surface area contributed by atoms with Gasteiger partial charge in [0.1, 0.15) is 11.8 Å². The van der Waals surface area contributed by atoms with Gasteiger partial charge in [0, 0.05) is 12.6 Å². The molecule has 0 saturated heterocycles. The van der Waals surface area contributed by atoms with Crippen molar-refractivity contribution in [1.82, 2.24) is 10.2 Å². The van der Waals surface area contributed by atoms with Gasteiger partial charge in [0.2, 0.25) is 5.91 Å². The van der Waals surface area contributed by atoms with Gasteiger partial charge >= 0.3 is 0 Å². The molecule has 3 rings (SSSR count). The smallest absolute Gasteiger partial charge is 0.261 e. The van der Waals surface area contributed by atoms with Gasteiger partial charge in [-0.15, -0.1) is 0 Å². The lowest BCUT2D eigenvalue weighted by Crippen LogP contribution is -2.52. The Morgan fingerprint density at radius 2 is 1.91 bits per heavy atom. The highest BCUT2D eigenvalue weighted by molar-refractivity contribution is 5.88. The summed E-state index contributed by atoms with van der Waals surface area (Å²) < 4.78 is 24.7. The van der Waals surface area contributed by atoms with Crippen molar-refractivity contribution in [3.63, 3.8) is 0 Å². The first-order valence-corrected chi connectivity index (χ1v) is 11.1. The third-order valence-corrected chi connectivity index (χ3v) is 5.76. The van der Waals surface area contributed by atoms with Gasteiger partial charge in [-0.3, -0.25) is 9.59 Å². The zero-order valence-corrected chi connectivity index (χ0v) is 18.7. The van der Waals surface area contributed by atoms with E-state index in [4.69, 9.17) is 9.47 Å². The van der Waals surface area contributed by atoms with Gasteiger partial charge in [0.15, 0.2) is 18.2 Å². The fourth-order valence-corrected chi connectivity index (χ4v) is 4.04. The maximum Gasteiger partial charge on any atom is 0.261 e. The topological polar surface area (TPSA) is 67.9 Å². The minimum absolute atomic E-state index is 0.00522. The second kappa shape index (κ2) is 11.5. The molecule has 0 spiro atoms. The summed E-state index contributed by atoms with van der Waals surface area (Å²) in [6.07, 6.45) is 4.58. The molecule has 172 valence electrons. The van der Waals surface area contributed by atoms with Gasteiger partial charge in [0.25, 0.3) is 5.91 Å². The van der Waals surface area contributed by atoms with Crippen LogP contribution in [0, 0.1) is 5.82 Å². The van der Waals surface area contributed by atoms with E-state index in [2.05, 4.69) is 5.32 Å². The van der Waals surface area contributed by atoms with Crippen molar-refractivity contribution in [1.29, 1.82) is 0 Å². The van der Waals surface area contributed by atoms with Crippen molar-refractivity contribution >= 4 is 11.8 Å². The van der Waals surface area contributed by atoms with Crippen LogP contribution in [0.5, 0.6) is 11.5 Å². The molecule has 1 fully saturated rings. The van der Waals surface area contributed by atoms with Crippen LogP contribution in [0.2, 0.25) is 0 Å². The van der Waals surface area contributed by atoms with Gasteiger partial charge in [-0.1, -0.05) is 44.0 Å². The van der Waals surface area contributed by atoms with E-state index in [1.165, 1.54) is 17.0 Å². The number of benzene rings is 2. The zero-order valence-electron chi connectivity index (χ0n) is 18.7. The lowest BCUT2D eigenvalue weighted by atomic mass is 10.1. The Balaban J connectivity index is 1.78. The summed E-state index contributed by atoms with van der Waals surface area (Å²) in [5.74, 6) is -0.414. The number of methoxy groups -OCH3 is 1. The standard InChI is InChI=1S/C25H31FN2O4/c1-3-22(25(30)27-19-10-4-5-11-19)28(16-18-9-8-12-20(15-18)31-2)24(29)17-32-23-14-7-6-13-21(23)26/h6-9,12-15,19,22H,3-5,10-11,16-17H2,1-2H3,(H,27,30)/t22-/m0/s1. The van der Waals surface area contributed by atoms with E-state index >= 15 is 0 Å². The molecule has 0 bridgehead atoms. The molecule has 0 aliphatic heterocycles. The monoisotopic (exact) mass is 442 g/mol. The lowest BCUT2D eigenvalue weighted by molar-refractivity contribution is -0.143. The van der Waals surface area contributed by atoms with Gasteiger partial charge in [-0.2, -0.15) is 0 Å². The van der Waals surface area contributed by atoms with E-state index in [0.29, 0.717) is 12.2 Å². The van der Waals surface area contributed by atoms with Crippen LogP contribution >= 0.6 is 0 Å². The molecule has 0 unspecified atom stereocenters. The van der Waals surface area contributed by atoms with Crippen LogP contribution in [0.15, 0.2) is 48.5 Å². The van der Waals surface area contributed by atoms with Gasteiger partial charge in [-0.25, -0.2) is 4.39 Å². The third-order valence-electron chi connectivity index (χ3n) is 5.76. The van der Waals surface area contributed by atoms with E-state index in [1.54, 1.807) is 19.2 Å². The SMILES string of the molecule is CC[C@@H](C(=O)NC1CCCC1)N(Cc1cccc(OC)c1)C(=O)COc1ccccc1F. The maximum absolute atomic E-state index is 13.9. The number of amides is 2. The lowest BCUT2D eigenvalue weighted by Gasteiger charge is -2.31. The summed E-state index contributed by atoms with van der Waals surface area (Å²) in [5, 5.41) is 3.10. The minimum atomic E-state index is -0.654. The first kappa shape index (κ1) is 23.6. The molecule has 1 atom stereocenters. The van der Waals surface area contributed by atoms with Crippen LogP contribution < -0.4 is 14.8 Å². The van der Waals surface area contributed by atoms with Crippen LogP contribution in [-0.4, -0.2) is 42.5 Å². The number of hydrogen-bond acceptors (Lipinski definition) is 4. The number of carbonyl (C=O) groups is 2. The molecular weight excluding hydrogens is 411 g/mol. The summed E-state index contributed by atoms with van der Waals surface area (Å²) in [4.78, 5) is 27.8. The molecule has 2 aromatic carbocycles. The Morgan fingerprint density at radius 3 is 2.59 bits per heavy atom. The largest absolute Gasteiger partial charge is 0.497 e. The average Bonchev–Trinajstić information content (AvgIpc) is 3.31. The summed E-state index contributed by atoms with van der Waals surface area (Å²) in [6, 6.07) is 12.8. The number of hydrogen-bond donors (Lipinski definition) is 1. The van der Waals surface area contributed by atoms with Crippen LogP contribution in [0.1, 0.15) is 44.6 Å². The van der Waals surface area contributed by atoms with Crippen LogP contribution in [0.25, 0.3) is 0 Å². The number of carbonyl (C=O) groups excluding carboxylic acids is 2. The summed E-state index contributed by atoms with van der Waals surface area (Å²) in [6.45, 7) is 1.73. The van der Waals surface area contributed by atoms with Gasteiger partial charge < -0.3 is 19.7 Å². The van der Waals surface area contributed by atoms with Crippen molar-refractivity contribution in [2.24, 2.45) is 0 Å². The van der Waals surface area contributed by atoms with Gasteiger partial charge in [-0.05, 0) is 49.1 Å². The number of rotatable bonds is 10. The molecule has 32 heavy (non-hydrogen) atoms. The molecule has 1 aliphatic rings. The molecule has 1 N–H and O–H groups in total. The van der Waals surface area contributed by atoms with Crippen molar-refractivity contribution in [2.45, 2.75) is 57.7 Å². The first-order valence-electron chi connectivity index (χ1n) is 11.1. The maximum atomic E-state index is 13.9. The van der Waals surface area contributed by atoms with Crippen molar-refractivity contribution in [3.05, 3.63) is 59.9 Å². The Hall–Kier alpha value is -3.09. The first-order chi connectivity index (χ1) is 15.5. The Labute approximate surface area is 188 Å². The Bertz CT molecular complexity index is 914. The Kier molecular flexibility index (Phi) is 8.48. The van der Waals surface area contributed by atoms with E-state index in [0.717, 1.165) is 31.2 Å². The second-order valence-electron chi connectivity index (χ2n) is 8.01. The van der Waals surface area contributed by atoms with Crippen LogP contribution in [-0.2, 0) is 16.1 Å². The normalized spacial score (nSPS) is 14.6. The predicted octanol–water partition coefficient (Wildman–Crippen LogP) is 4.08. The van der Waals surface area contributed by atoms with E-state index in [-0.39, 0.29) is 36.8 Å². The number of para-hydroxylation sites is 1. The molecule has 1 aliphatic carbocycles. The molecule has 0 heterocycles. The molecule has 7 heteroatoms. The molecule has 6 nitrogen and oxygen atoms in total. The average molecular weight is 443 g/mol. The van der Waals surface area contributed by atoms with Gasteiger partial charge in [0.05, 0.1) is 7.11 Å². The minimum Gasteiger partial charge on any atom is -0.497 e. The zero-order chi connectivity index (χ0) is 22.9. The molecule has 1 saturated carbocycles. The summed E-state index contributed by atoms with van der Waals surface area (Å²) in [5.41, 5.74) is 0.829. The number of halogens is 1. The molecule has 2 aromatic rings. The molecule has 0 radical (unpaired) electrons. The van der Waals surface area contributed by atoms with E-state index < -0.39 is 11.9 Å². The summed E-state index contributed by atoms with van der Waals surface area (Å²) >= 11 is 0. The molecule has 2 amide bonds. The van der Waals surface area contributed by atoms with Crippen molar-refractivity contribution < 1.29 is 23.5 Å². The fraction of sp³-hybridized carbons (Fsp3) is 0.440. The predicted molar refractivity (Wildman–Crippen MR) is 120 cm³/mol. The highest BCUT2D eigenvalue weighted by Gasteiger charge is 2.31. The van der Waals surface area contributed by atoms with Crippen LogP contribution in [0.4, 0.5) is 4.39 Å².